The van der Waals surface area contributed by atoms with Crippen LogP contribution in [0.15, 0.2) is 52.9 Å². The fraction of sp³-hybridized carbons (Fsp3) is 0.273. The van der Waals surface area contributed by atoms with Gasteiger partial charge >= 0.3 is 0 Å². The second kappa shape index (κ2) is 10.0. The molecular weight excluding hydrogens is 446 g/mol. The maximum absolute atomic E-state index is 13.1. The summed E-state index contributed by atoms with van der Waals surface area (Å²) < 4.78 is 5.88. The third-order valence-corrected chi connectivity index (χ3v) is 6.96. The third-order valence-electron chi connectivity index (χ3n) is 4.96. The smallest absolute Gasteiger partial charge is 0.237 e. The number of thioether (sulfide) groups is 1. The van der Waals surface area contributed by atoms with Crippen LogP contribution in [0, 0.1) is 0 Å². The van der Waals surface area contributed by atoms with Crippen molar-refractivity contribution in [1.29, 1.82) is 0 Å². The zero-order valence-electron chi connectivity index (χ0n) is 17.7. The molecule has 0 aliphatic carbocycles. The van der Waals surface area contributed by atoms with Crippen molar-refractivity contribution in [2.24, 2.45) is 0 Å². The number of carbonyl (C=O) groups is 2. The van der Waals surface area contributed by atoms with Crippen LogP contribution in [0.4, 0.5) is 16.5 Å². The standard InChI is InChI=1S/C22H23N5O3S2/c1-14-11-19(28)24-17-5-3-4-6-18(17)27(14)20(29)13-31-22-26-25-21(32-22)23-12-15-7-9-16(30-2)10-8-15/h3-10,14H,11-13H2,1-2H3,(H,23,25)(H,24,28)/t14-/m0/s1. The molecule has 2 N–H and O–H groups in total. The van der Waals surface area contributed by atoms with Gasteiger partial charge in [0.2, 0.25) is 16.9 Å². The zero-order chi connectivity index (χ0) is 22.5. The first-order valence-electron chi connectivity index (χ1n) is 10.1. The Hall–Kier alpha value is -3.11. The van der Waals surface area contributed by atoms with Gasteiger partial charge < -0.3 is 20.3 Å². The molecule has 0 unspecified atom stereocenters. The molecule has 1 atom stereocenters. The Morgan fingerprint density at radius 2 is 2.03 bits per heavy atom. The summed E-state index contributed by atoms with van der Waals surface area (Å²) in [6.45, 7) is 2.50. The SMILES string of the molecule is COc1ccc(CNc2nnc(SCC(=O)N3c4ccccc4NC(=O)C[C@@H]3C)s2)cc1. The number of ether oxygens (including phenoxy) is 1. The van der Waals surface area contributed by atoms with E-state index < -0.39 is 0 Å². The Bertz CT molecular complexity index is 1100. The molecule has 3 aromatic rings. The number of methoxy groups -OCH3 is 1. The van der Waals surface area contributed by atoms with Crippen molar-refractivity contribution in [3.05, 3.63) is 54.1 Å². The average Bonchev–Trinajstić information content (AvgIpc) is 3.20. The van der Waals surface area contributed by atoms with E-state index in [0.717, 1.165) is 17.0 Å². The van der Waals surface area contributed by atoms with Gasteiger partial charge in [0.05, 0.1) is 24.2 Å². The van der Waals surface area contributed by atoms with E-state index in [2.05, 4.69) is 20.8 Å². The molecule has 2 amide bonds. The molecule has 0 radical (unpaired) electrons. The van der Waals surface area contributed by atoms with E-state index in [4.69, 9.17) is 4.74 Å². The molecule has 0 spiro atoms. The maximum atomic E-state index is 13.1. The lowest BCUT2D eigenvalue weighted by atomic mass is 10.2. The number of hydrogen-bond acceptors (Lipinski definition) is 8. The van der Waals surface area contributed by atoms with Crippen LogP contribution in [-0.2, 0) is 16.1 Å². The number of amides is 2. The van der Waals surface area contributed by atoms with Crippen molar-refractivity contribution in [1.82, 2.24) is 10.2 Å². The minimum absolute atomic E-state index is 0.0746. The number of nitrogens with zero attached hydrogens (tertiary/aromatic N) is 3. The first kappa shape index (κ1) is 22.1. The van der Waals surface area contributed by atoms with E-state index in [9.17, 15) is 9.59 Å². The molecule has 10 heteroatoms. The first-order valence-corrected chi connectivity index (χ1v) is 11.9. The summed E-state index contributed by atoms with van der Waals surface area (Å²) in [7, 11) is 1.64. The second-order valence-electron chi connectivity index (χ2n) is 7.25. The van der Waals surface area contributed by atoms with Crippen LogP contribution in [0.25, 0.3) is 0 Å². The fourth-order valence-corrected chi connectivity index (χ4v) is 5.03. The lowest BCUT2D eigenvalue weighted by Crippen LogP contribution is -2.40. The predicted octanol–water partition coefficient (Wildman–Crippen LogP) is 4.01. The highest BCUT2D eigenvalue weighted by atomic mass is 32.2. The van der Waals surface area contributed by atoms with Gasteiger partial charge in [-0.1, -0.05) is 47.4 Å². The molecule has 2 heterocycles. The van der Waals surface area contributed by atoms with E-state index in [1.807, 2.05) is 55.5 Å². The quantitative estimate of drug-likeness (QED) is 0.505. The molecule has 1 aromatic heterocycles. The van der Waals surface area contributed by atoms with Gasteiger partial charge in [-0.15, -0.1) is 10.2 Å². The summed E-state index contributed by atoms with van der Waals surface area (Å²) in [5.41, 5.74) is 2.47. The Balaban J connectivity index is 1.36. The van der Waals surface area contributed by atoms with Crippen LogP contribution < -0.4 is 20.3 Å². The zero-order valence-corrected chi connectivity index (χ0v) is 19.3. The van der Waals surface area contributed by atoms with Crippen molar-refractivity contribution < 1.29 is 14.3 Å². The molecule has 166 valence electrons. The normalized spacial score (nSPS) is 15.5. The van der Waals surface area contributed by atoms with Crippen molar-refractivity contribution in [2.75, 3.05) is 28.4 Å². The van der Waals surface area contributed by atoms with Crippen LogP contribution >= 0.6 is 23.1 Å². The first-order chi connectivity index (χ1) is 15.5. The van der Waals surface area contributed by atoms with Crippen LogP contribution in [0.3, 0.4) is 0 Å². The number of fused-ring (bicyclic) bond motifs is 1. The van der Waals surface area contributed by atoms with Crippen LogP contribution in [0.1, 0.15) is 18.9 Å². The fourth-order valence-electron chi connectivity index (χ4n) is 3.42. The molecule has 0 saturated carbocycles. The molecule has 1 aliphatic rings. The summed E-state index contributed by atoms with van der Waals surface area (Å²) in [4.78, 5) is 26.9. The van der Waals surface area contributed by atoms with Gasteiger partial charge in [-0.05, 0) is 36.8 Å². The average molecular weight is 470 g/mol. The van der Waals surface area contributed by atoms with Gasteiger partial charge in [0, 0.05) is 19.0 Å². The van der Waals surface area contributed by atoms with Gasteiger partial charge in [-0.25, -0.2) is 0 Å². The second-order valence-corrected chi connectivity index (χ2v) is 9.45. The highest BCUT2D eigenvalue weighted by Gasteiger charge is 2.29. The largest absolute Gasteiger partial charge is 0.497 e. The summed E-state index contributed by atoms with van der Waals surface area (Å²) >= 11 is 2.75. The van der Waals surface area contributed by atoms with Gasteiger partial charge in [0.25, 0.3) is 0 Å². The van der Waals surface area contributed by atoms with Gasteiger partial charge in [0.1, 0.15) is 5.75 Å². The number of anilines is 3. The molecule has 8 nitrogen and oxygen atoms in total. The number of rotatable bonds is 7. The molecule has 1 aliphatic heterocycles. The summed E-state index contributed by atoms with van der Waals surface area (Å²) in [5.74, 6) is 0.855. The molecular formula is C22H23N5O3S2. The van der Waals surface area contributed by atoms with Gasteiger partial charge in [0.15, 0.2) is 4.34 Å². The van der Waals surface area contributed by atoms with Gasteiger partial charge in [-0.2, -0.15) is 0 Å². The molecule has 0 bridgehead atoms. The summed E-state index contributed by atoms with van der Waals surface area (Å²) in [6, 6.07) is 14.9. The van der Waals surface area contributed by atoms with E-state index in [0.29, 0.717) is 21.7 Å². The maximum Gasteiger partial charge on any atom is 0.237 e. The van der Waals surface area contributed by atoms with Crippen LogP contribution in [0.2, 0.25) is 0 Å². The molecule has 0 saturated heterocycles. The van der Waals surface area contributed by atoms with Crippen LogP contribution in [-0.4, -0.2) is 40.9 Å². The molecule has 4 rings (SSSR count). The van der Waals surface area contributed by atoms with E-state index in [1.165, 1.54) is 23.1 Å². The Morgan fingerprint density at radius 3 is 2.81 bits per heavy atom. The van der Waals surface area contributed by atoms with E-state index >= 15 is 0 Å². The van der Waals surface area contributed by atoms with Crippen molar-refractivity contribution in [3.8, 4) is 5.75 Å². The van der Waals surface area contributed by atoms with Crippen LogP contribution in [0.5, 0.6) is 5.75 Å². The Labute approximate surface area is 194 Å². The van der Waals surface area contributed by atoms with Gasteiger partial charge in [-0.3, -0.25) is 9.59 Å². The van der Waals surface area contributed by atoms with E-state index in [-0.39, 0.29) is 30.0 Å². The number of aromatic nitrogens is 2. The molecule has 32 heavy (non-hydrogen) atoms. The number of benzene rings is 2. The third kappa shape index (κ3) is 5.20. The van der Waals surface area contributed by atoms with Crippen molar-refractivity contribution >= 4 is 51.4 Å². The topological polar surface area (TPSA) is 96.4 Å². The number of nitrogens with one attached hydrogen (secondary N) is 2. The van der Waals surface area contributed by atoms with Crippen molar-refractivity contribution in [2.45, 2.75) is 30.3 Å². The minimum Gasteiger partial charge on any atom is -0.497 e. The molecule has 2 aromatic carbocycles. The highest BCUT2D eigenvalue weighted by molar-refractivity contribution is 8.01. The van der Waals surface area contributed by atoms with Crippen molar-refractivity contribution in [3.63, 3.8) is 0 Å². The van der Waals surface area contributed by atoms with E-state index in [1.54, 1.807) is 12.0 Å². The number of hydrogen-bond donors (Lipinski definition) is 2. The summed E-state index contributed by atoms with van der Waals surface area (Å²) in [6.07, 6.45) is 0.253. The number of carbonyl (C=O) groups excluding carboxylic acids is 2. The lowest BCUT2D eigenvalue weighted by molar-refractivity contribution is -0.117. The lowest BCUT2D eigenvalue weighted by Gasteiger charge is -2.27. The predicted molar refractivity (Wildman–Crippen MR) is 128 cm³/mol. The highest BCUT2D eigenvalue weighted by Crippen LogP contribution is 2.33. The Morgan fingerprint density at radius 1 is 1.25 bits per heavy atom. The summed E-state index contributed by atoms with van der Waals surface area (Å²) in [5, 5.41) is 15.2. The molecule has 0 fully saturated rings. The number of para-hydroxylation sites is 2. The Kier molecular flexibility index (Phi) is 6.91. The minimum atomic E-state index is -0.233. The monoisotopic (exact) mass is 469 g/mol.